The second kappa shape index (κ2) is 7.43. The van der Waals surface area contributed by atoms with E-state index < -0.39 is 0 Å². The van der Waals surface area contributed by atoms with Crippen LogP contribution in [0.25, 0.3) is 21.3 Å². The van der Waals surface area contributed by atoms with Crippen LogP contribution in [-0.4, -0.2) is 51.7 Å². The minimum absolute atomic E-state index is 0.343. The maximum absolute atomic E-state index is 12.2. The van der Waals surface area contributed by atoms with E-state index in [4.69, 9.17) is 10.5 Å². The molecule has 3 aromatic heterocycles. The molecule has 0 atom stereocenters. The Balaban J connectivity index is 1.57. The summed E-state index contributed by atoms with van der Waals surface area (Å²) in [5.74, 6) is 0.831. The highest BCUT2D eigenvalue weighted by molar-refractivity contribution is 7.09. The van der Waals surface area contributed by atoms with Crippen molar-refractivity contribution in [2.45, 2.75) is 6.92 Å². The molecule has 4 rings (SSSR count). The van der Waals surface area contributed by atoms with Gasteiger partial charge in [0.25, 0.3) is 0 Å². The lowest BCUT2D eigenvalue weighted by Crippen LogP contribution is -2.49. The SMILES string of the molecule is Cc1cnsc1-c1cc2cc(NC(=O)NN3CCOCC3)ncc2c(N)n1. The molecule has 0 aromatic carbocycles. The Kier molecular flexibility index (Phi) is 4.84. The predicted octanol–water partition coefficient (Wildman–Crippen LogP) is 2.01. The molecule has 0 spiro atoms. The minimum Gasteiger partial charge on any atom is -0.383 e. The van der Waals surface area contributed by atoms with Crippen molar-refractivity contribution in [3.05, 3.63) is 30.1 Å². The number of anilines is 2. The Morgan fingerprint density at radius 3 is 2.85 bits per heavy atom. The molecule has 2 amide bonds. The zero-order chi connectivity index (χ0) is 18.8. The number of hydrogen-bond acceptors (Lipinski definition) is 8. The lowest BCUT2D eigenvalue weighted by molar-refractivity contribution is 0.0207. The summed E-state index contributed by atoms with van der Waals surface area (Å²) in [4.78, 5) is 21.9. The third kappa shape index (κ3) is 3.82. The number of amides is 2. The molecule has 1 saturated heterocycles. The number of carbonyl (C=O) groups is 1. The first-order valence-corrected chi connectivity index (χ1v) is 9.26. The van der Waals surface area contributed by atoms with Crippen molar-refractivity contribution in [3.63, 3.8) is 0 Å². The van der Waals surface area contributed by atoms with E-state index in [1.807, 2.05) is 18.0 Å². The van der Waals surface area contributed by atoms with Crippen molar-refractivity contribution < 1.29 is 9.53 Å². The largest absolute Gasteiger partial charge is 0.383 e. The van der Waals surface area contributed by atoms with Crippen molar-refractivity contribution in [1.29, 1.82) is 0 Å². The number of aromatic nitrogens is 3. The van der Waals surface area contributed by atoms with Gasteiger partial charge in [-0.2, -0.15) is 0 Å². The summed E-state index contributed by atoms with van der Waals surface area (Å²) in [6.45, 7) is 4.48. The fraction of sp³-hybridized carbons (Fsp3) is 0.294. The zero-order valence-corrected chi connectivity index (χ0v) is 15.5. The zero-order valence-electron chi connectivity index (χ0n) is 14.7. The first-order valence-electron chi connectivity index (χ1n) is 8.48. The summed E-state index contributed by atoms with van der Waals surface area (Å²) in [5, 5.41) is 6.15. The minimum atomic E-state index is -0.343. The molecular weight excluding hydrogens is 366 g/mol. The molecule has 0 aliphatic carbocycles. The van der Waals surface area contributed by atoms with Crippen LogP contribution >= 0.6 is 11.5 Å². The van der Waals surface area contributed by atoms with Gasteiger partial charge in [-0.25, -0.2) is 24.1 Å². The summed E-state index contributed by atoms with van der Waals surface area (Å²) in [6, 6.07) is 3.37. The number of ether oxygens (including phenoxy) is 1. The van der Waals surface area contributed by atoms with E-state index in [2.05, 4.69) is 25.1 Å². The number of nitrogens with zero attached hydrogens (tertiary/aromatic N) is 4. The highest BCUT2D eigenvalue weighted by Gasteiger charge is 2.14. The van der Waals surface area contributed by atoms with Gasteiger partial charge >= 0.3 is 6.03 Å². The van der Waals surface area contributed by atoms with Gasteiger partial charge in [0, 0.05) is 30.9 Å². The van der Waals surface area contributed by atoms with Crippen LogP contribution in [0.4, 0.5) is 16.4 Å². The Hall–Kier alpha value is -2.82. The van der Waals surface area contributed by atoms with Gasteiger partial charge in [-0.05, 0) is 41.5 Å². The van der Waals surface area contributed by atoms with Gasteiger partial charge < -0.3 is 10.5 Å². The first-order chi connectivity index (χ1) is 13.1. The summed E-state index contributed by atoms with van der Waals surface area (Å²) in [7, 11) is 0. The van der Waals surface area contributed by atoms with Crippen LogP contribution < -0.4 is 16.5 Å². The Bertz CT molecular complexity index is 985. The number of aryl methyl sites for hydroxylation is 1. The second-order valence-electron chi connectivity index (χ2n) is 6.19. The number of nitrogens with one attached hydrogen (secondary N) is 2. The second-order valence-corrected chi connectivity index (χ2v) is 6.99. The number of fused-ring (bicyclic) bond motifs is 1. The highest BCUT2D eigenvalue weighted by atomic mass is 32.1. The third-order valence-electron chi connectivity index (χ3n) is 4.24. The molecule has 3 aromatic rings. The predicted molar refractivity (Wildman–Crippen MR) is 104 cm³/mol. The number of pyridine rings is 2. The van der Waals surface area contributed by atoms with E-state index in [0.29, 0.717) is 37.9 Å². The average molecular weight is 385 g/mol. The molecule has 1 aliphatic rings. The van der Waals surface area contributed by atoms with Crippen molar-refractivity contribution in [3.8, 4) is 10.6 Å². The molecule has 0 unspecified atom stereocenters. The van der Waals surface area contributed by atoms with Gasteiger partial charge in [0.2, 0.25) is 0 Å². The molecule has 0 saturated carbocycles. The van der Waals surface area contributed by atoms with Crippen molar-refractivity contribution >= 4 is 40.0 Å². The highest BCUT2D eigenvalue weighted by Crippen LogP contribution is 2.30. The van der Waals surface area contributed by atoms with Crippen molar-refractivity contribution in [1.82, 2.24) is 24.8 Å². The fourth-order valence-electron chi connectivity index (χ4n) is 2.86. The van der Waals surface area contributed by atoms with Crippen molar-refractivity contribution in [2.75, 3.05) is 37.4 Å². The maximum atomic E-state index is 12.2. The summed E-state index contributed by atoms with van der Waals surface area (Å²) < 4.78 is 9.45. The molecule has 4 heterocycles. The molecule has 10 heteroatoms. The van der Waals surface area contributed by atoms with Gasteiger partial charge in [-0.3, -0.25) is 10.7 Å². The number of carbonyl (C=O) groups excluding carboxylic acids is 1. The first kappa shape index (κ1) is 17.6. The molecule has 1 fully saturated rings. The number of hydrogen-bond donors (Lipinski definition) is 3. The van der Waals surface area contributed by atoms with Crippen LogP contribution in [0.1, 0.15) is 5.56 Å². The van der Waals surface area contributed by atoms with E-state index in [1.54, 1.807) is 18.5 Å². The van der Waals surface area contributed by atoms with Crippen molar-refractivity contribution in [2.24, 2.45) is 0 Å². The topological polar surface area (TPSA) is 118 Å². The average Bonchev–Trinajstić information content (AvgIpc) is 3.08. The van der Waals surface area contributed by atoms with Gasteiger partial charge in [0.05, 0.1) is 23.8 Å². The number of hydrazine groups is 1. The van der Waals surface area contributed by atoms with Crippen LogP contribution in [0.2, 0.25) is 0 Å². The Labute approximate surface area is 159 Å². The molecule has 140 valence electrons. The van der Waals surface area contributed by atoms with Crippen LogP contribution in [0.3, 0.4) is 0 Å². The van der Waals surface area contributed by atoms with Crippen LogP contribution in [0.5, 0.6) is 0 Å². The number of nitrogens with two attached hydrogens (primary N) is 1. The fourth-order valence-corrected chi connectivity index (χ4v) is 3.57. The summed E-state index contributed by atoms with van der Waals surface area (Å²) in [6.07, 6.45) is 3.42. The quantitative estimate of drug-likeness (QED) is 0.631. The molecule has 27 heavy (non-hydrogen) atoms. The van der Waals surface area contributed by atoms with E-state index in [0.717, 1.165) is 26.9 Å². The van der Waals surface area contributed by atoms with E-state index in [-0.39, 0.29) is 6.03 Å². The lowest BCUT2D eigenvalue weighted by atomic mass is 10.1. The molecule has 0 radical (unpaired) electrons. The maximum Gasteiger partial charge on any atom is 0.334 e. The van der Waals surface area contributed by atoms with Gasteiger partial charge in [-0.15, -0.1) is 0 Å². The van der Waals surface area contributed by atoms with Crippen LogP contribution in [0, 0.1) is 6.92 Å². The normalized spacial score (nSPS) is 15.0. The third-order valence-corrected chi connectivity index (χ3v) is 5.16. The Morgan fingerprint density at radius 1 is 1.30 bits per heavy atom. The van der Waals surface area contributed by atoms with Gasteiger partial charge in [0.1, 0.15) is 11.6 Å². The van der Waals surface area contributed by atoms with E-state index >= 15 is 0 Å². The van der Waals surface area contributed by atoms with Crippen LogP contribution in [0.15, 0.2) is 24.5 Å². The lowest BCUT2D eigenvalue weighted by Gasteiger charge is -2.26. The Morgan fingerprint density at radius 2 is 2.11 bits per heavy atom. The number of nitrogen functional groups attached to an aromatic ring is 1. The van der Waals surface area contributed by atoms with E-state index in [9.17, 15) is 4.79 Å². The number of rotatable bonds is 3. The summed E-state index contributed by atoms with van der Waals surface area (Å²) >= 11 is 1.38. The molecular formula is C17H19N7O2S. The van der Waals surface area contributed by atoms with Gasteiger partial charge in [0.15, 0.2) is 0 Å². The molecule has 1 aliphatic heterocycles. The summed E-state index contributed by atoms with van der Waals surface area (Å²) in [5.41, 5.74) is 10.7. The van der Waals surface area contributed by atoms with E-state index in [1.165, 1.54) is 11.5 Å². The number of urea groups is 1. The van der Waals surface area contributed by atoms with Crippen LogP contribution in [-0.2, 0) is 4.74 Å². The monoisotopic (exact) mass is 385 g/mol. The smallest absolute Gasteiger partial charge is 0.334 e. The molecule has 0 bridgehead atoms. The molecule has 9 nitrogen and oxygen atoms in total. The van der Waals surface area contributed by atoms with Gasteiger partial charge in [-0.1, -0.05) is 0 Å². The number of morpholine rings is 1. The standard InChI is InChI=1S/C17H19N7O2S/c1-10-8-20-27-15(10)13-6-11-7-14(19-9-12(11)16(18)21-13)22-17(25)23-24-2-4-26-5-3-24/h6-9H,2-5H2,1H3,(H2,18,21)(H2,19,22,23,25). The molecule has 4 N–H and O–H groups in total.